The average Bonchev–Trinajstić information content (AvgIpc) is 2.38. The predicted octanol–water partition coefficient (Wildman–Crippen LogP) is 2.56. The Morgan fingerprint density at radius 1 is 1.15 bits per heavy atom. The highest BCUT2D eigenvalue weighted by atomic mass is 16.5. The fraction of sp³-hybridized carbons (Fsp3) is 0.938. The summed E-state index contributed by atoms with van der Waals surface area (Å²) in [6, 6.07) is 0.106. The number of ether oxygens (including phenoxy) is 1. The van der Waals surface area contributed by atoms with Crippen molar-refractivity contribution in [3.63, 3.8) is 0 Å². The Bertz CT molecular complexity index is 255. The first-order valence-corrected chi connectivity index (χ1v) is 7.99. The zero-order chi connectivity index (χ0) is 15.5. The van der Waals surface area contributed by atoms with Gasteiger partial charge in [-0.25, -0.2) is 0 Å². The van der Waals surface area contributed by atoms with E-state index in [0.717, 1.165) is 12.8 Å². The summed E-state index contributed by atoms with van der Waals surface area (Å²) in [5, 5.41) is 3.09. The number of nitrogens with one attached hydrogen (secondary N) is 1. The first-order valence-electron chi connectivity index (χ1n) is 7.99. The molecule has 0 saturated heterocycles. The Balaban J connectivity index is 4.17. The number of carbonyl (C=O) groups excluding carboxylic acids is 1. The smallest absolute Gasteiger partial charge is 0.220 e. The third-order valence-electron chi connectivity index (χ3n) is 3.88. The lowest BCUT2D eigenvalue weighted by molar-refractivity contribution is -0.123. The number of hydrogen-bond donors (Lipinski definition) is 2. The van der Waals surface area contributed by atoms with Crippen molar-refractivity contribution in [1.29, 1.82) is 0 Å². The van der Waals surface area contributed by atoms with Crippen molar-refractivity contribution in [2.24, 2.45) is 23.5 Å². The van der Waals surface area contributed by atoms with E-state index in [4.69, 9.17) is 10.5 Å². The van der Waals surface area contributed by atoms with E-state index < -0.39 is 0 Å². The van der Waals surface area contributed by atoms with Crippen molar-refractivity contribution in [3.8, 4) is 0 Å². The third-order valence-corrected chi connectivity index (χ3v) is 3.88. The van der Waals surface area contributed by atoms with Crippen LogP contribution >= 0.6 is 0 Å². The number of amides is 1. The van der Waals surface area contributed by atoms with Crippen LogP contribution in [0.1, 0.15) is 53.9 Å². The standard InChI is InChI=1S/C16H34N2O2/c1-6-20-11-15(13(4)5)18-16(19)8-7-14(9-10-17)12(2)3/h12-15H,6-11,17H2,1-5H3,(H,18,19). The Labute approximate surface area is 124 Å². The van der Waals surface area contributed by atoms with E-state index >= 15 is 0 Å². The molecule has 0 spiro atoms. The second kappa shape index (κ2) is 11.1. The third kappa shape index (κ3) is 8.54. The predicted molar refractivity (Wildman–Crippen MR) is 84.5 cm³/mol. The van der Waals surface area contributed by atoms with Crippen molar-refractivity contribution in [2.75, 3.05) is 19.8 Å². The fourth-order valence-corrected chi connectivity index (χ4v) is 2.27. The quantitative estimate of drug-likeness (QED) is 0.613. The molecule has 0 bridgehead atoms. The zero-order valence-electron chi connectivity index (χ0n) is 13.9. The SMILES string of the molecule is CCOCC(NC(=O)CCC(CCN)C(C)C)C(C)C. The summed E-state index contributed by atoms with van der Waals surface area (Å²) in [4.78, 5) is 12.1. The number of carbonyl (C=O) groups is 1. The van der Waals surface area contributed by atoms with Crippen molar-refractivity contribution >= 4 is 5.91 Å². The van der Waals surface area contributed by atoms with Crippen LogP contribution in [-0.2, 0) is 9.53 Å². The minimum Gasteiger partial charge on any atom is -0.380 e. The number of hydrogen-bond acceptors (Lipinski definition) is 3. The molecule has 4 nitrogen and oxygen atoms in total. The molecule has 120 valence electrons. The van der Waals surface area contributed by atoms with Crippen LogP contribution in [0.4, 0.5) is 0 Å². The van der Waals surface area contributed by atoms with E-state index in [0.29, 0.717) is 43.9 Å². The highest BCUT2D eigenvalue weighted by molar-refractivity contribution is 5.76. The van der Waals surface area contributed by atoms with Crippen LogP contribution in [-0.4, -0.2) is 31.7 Å². The van der Waals surface area contributed by atoms with Gasteiger partial charge in [-0.05, 0) is 44.1 Å². The lowest BCUT2D eigenvalue weighted by Crippen LogP contribution is -2.42. The molecule has 0 heterocycles. The summed E-state index contributed by atoms with van der Waals surface area (Å²) in [7, 11) is 0. The van der Waals surface area contributed by atoms with Gasteiger partial charge in [0.15, 0.2) is 0 Å². The molecular formula is C16H34N2O2. The zero-order valence-corrected chi connectivity index (χ0v) is 13.9. The van der Waals surface area contributed by atoms with E-state index in [1.54, 1.807) is 0 Å². The van der Waals surface area contributed by atoms with Crippen LogP contribution in [0.15, 0.2) is 0 Å². The van der Waals surface area contributed by atoms with Crippen LogP contribution in [0.25, 0.3) is 0 Å². The molecule has 0 fully saturated rings. The lowest BCUT2D eigenvalue weighted by atomic mass is 9.88. The van der Waals surface area contributed by atoms with Gasteiger partial charge in [-0.1, -0.05) is 27.7 Å². The summed E-state index contributed by atoms with van der Waals surface area (Å²) in [6.45, 7) is 12.6. The molecule has 1 amide bonds. The Morgan fingerprint density at radius 2 is 1.80 bits per heavy atom. The minimum absolute atomic E-state index is 0.106. The molecule has 3 N–H and O–H groups in total. The minimum atomic E-state index is 0.106. The van der Waals surface area contributed by atoms with Crippen LogP contribution < -0.4 is 11.1 Å². The van der Waals surface area contributed by atoms with E-state index in [1.165, 1.54) is 0 Å². The maximum Gasteiger partial charge on any atom is 0.220 e. The molecule has 0 saturated carbocycles. The van der Waals surface area contributed by atoms with Crippen LogP contribution in [0.5, 0.6) is 0 Å². The summed E-state index contributed by atoms with van der Waals surface area (Å²) >= 11 is 0. The van der Waals surface area contributed by atoms with E-state index in [-0.39, 0.29) is 11.9 Å². The van der Waals surface area contributed by atoms with E-state index in [2.05, 4.69) is 33.0 Å². The average molecular weight is 286 g/mol. The van der Waals surface area contributed by atoms with E-state index in [9.17, 15) is 4.79 Å². The molecular weight excluding hydrogens is 252 g/mol. The molecule has 2 atom stereocenters. The second-order valence-corrected chi connectivity index (χ2v) is 6.20. The first-order chi connectivity index (χ1) is 9.42. The lowest BCUT2D eigenvalue weighted by Gasteiger charge is -2.24. The molecule has 0 aromatic heterocycles. The molecule has 2 unspecified atom stereocenters. The van der Waals surface area contributed by atoms with Gasteiger partial charge in [0.25, 0.3) is 0 Å². The van der Waals surface area contributed by atoms with Gasteiger partial charge in [0, 0.05) is 13.0 Å². The summed E-state index contributed by atoms with van der Waals surface area (Å²) in [5.74, 6) is 1.63. The van der Waals surface area contributed by atoms with Crippen LogP contribution in [0, 0.1) is 17.8 Å². The highest BCUT2D eigenvalue weighted by Gasteiger charge is 2.18. The Morgan fingerprint density at radius 3 is 2.25 bits per heavy atom. The van der Waals surface area contributed by atoms with Crippen LogP contribution in [0.3, 0.4) is 0 Å². The maximum absolute atomic E-state index is 12.1. The largest absolute Gasteiger partial charge is 0.380 e. The molecule has 20 heavy (non-hydrogen) atoms. The second-order valence-electron chi connectivity index (χ2n) is 6.20. The van der Waals surface area contributed by atoms with Gasteiger partial charge < -0.3 is 15.8 Å². The monoisotopic (exact) mass is 286 g/mol. The topological polar surface area (TPSA) is 64.3 Å². The Kier molecular flexibility index (Phi) is 10.8. The van der Waals surface area contributed by atoms with Gasteiger partial charge in [0.2, 0.25) is 5.91 Å². The first kappa shape index (κ1) is 19.4. The molecule has 0 rings (SSSR count). The van der Waals surface area contributed by atoms with Crippen molar-refractivity contribution in [2.45, 2.75) is 59.9 Å². The van der Waals surface area contributed by atoms with Crippen LogP contribution in [0.2, 0.25) is 0 Å². The molecule has 0 aliphatic heterocycles. The molecule has 0 aromatic rings. The van der Waals surface area contributed by atoms with Gasteiger partial charge >= 0.3 is 0 Å². The van der Waals surface area contributed by atoms with Crippen molar-refractivity contribution < 1.29 is 9.53 Å². The molecule has 4 heteroatoms. The summed E-state index contributed by atoms with van der Waals surface area (Å²) in [6.07, 6.45) is 2.50. The van der Waals surface area contributed by atoms with Gasteiger partial charge in [0.05, 0.1) is 12.6 Å². The van der Waals surface area contributed by atoms with Crippen molar-refractivity contribution in [3.05, 3.63) is 0 Å². The van der Waals surface area contributed by atoms with E-state index in [1.807, 2.05) is 6.92 Å². The van der Waals surface area contributed by atoms with Gasteiger partial charge in [-0.15, -0.1) is 0 Å². The highest BCUT2D eigenvalue weighted by Crippen LogP contribution is 2.20. The summed E-state index contributed by atoms with van der Waals surface area (Å²) < 4.78 is 5.43. The normalized spacial score (nSPS) is 14.6. The van der Waals surface area contributed by atoms with Gasteiger partial charge in [0.1, 0.15) is 0 Å². The molecule has 0 radical (unpaired) electrons. The van der Waals surface area contributed by atoms with Gasteiger partial charge in [-0.3, -0.25) is 4.79 Å². The van der Waals surface area contributed by atoms with Crippen molar-refractivity contribution in [1.82, 2.24) is 5.32 Å². The Hall–Kier alpha value is -0.610. The number of nitrogens with two attached hydrogens (primary N) is 1. The summed E-state index contributed by atoms with van der Waals surface area (Å²) in [5.41, 5.74) is 5.63. The fourth-order valence-electron chi connectivity index (χ4n) is 2.27. The molecule has 0 aromatic carbocycles. The maximum atomic E-state index is 12.1. The number of rotatable bonds is 11. The molecule has 0 aliphatic rings. The van der Waals surface area contributed by atoms with Gasteiger partial charge in [-0.2, -0.15) is 0 Å². The molecule has 0 aliphatic carbocycles.